The quantitative estimate of drug-likeness (QED) is 0.921. The summed E-state index contributed by atoms with van der Waals surface area (Å²) in [4.78, 5) is 4.22. The van der Waals surface area contributed by atoms with Crippen LogP contribution in [0.25, 0.3) is 0 Å². The van der Waals surface area contributed by atoms with Gasteiger partial charge in [-0.15, -0.1) is 0 Å². The van der Waals surface area contributed by atoms with E-state index in [1.165, 1.54) is 12.1 Å². The third-order valence-electron chi connectivity index (χ3n) is 2.57. The van der Waals surface area contributed by atoms with E-state index in [1.54, 1.807) is 30.6 Å². The van der Waals surface area contributed by atoms with Gasteiger partial charge < -0.3 is 10.5 Å². The summed E-state index contributed by atoms with van der Waals surface area (Å²) >= 11 is 0. The Morgan fingerprint density at radius 2 is 1.89 bits per heavy atom. The van der Waals surface area contributed by atoms with Crippen LogP contribution in [-0.2, 0) is 16.4 Å². The fourth-order valence-corrected chi connectivity index (χ4v) is 2.18. The molecule has 100 valence electrons. The zero-order chi connectivity index (χ0) is 13.9. The van der Waals surface area contributed by atoms with Crippen LogP contribution in [0.5, 0.6) is 11.5 Å². The summed E-state index contributed by atoms with van der Waals surface area (Å²) in [5.41, 5.74) is 6.43. The molecule has 0 aliphatic carbocycles. The molecule has 0 fully saturated rings. The highest BCUT2D eigenvalue weighted by atomic mass is 32.2. The van der Waals surface area contributed by atoms with Crippen LogP contribution in [0.3, 0.4) is 0 Å². The Hall–Kier alpha value is -1.92. The number of hydrogen-bond donors (Lipinski definition) is 1. The lowest BCUT2D eigenvalue weighted by molar-refractivity contribution is 0.473. The molecule has 0 radical (unpaired) electrons. The van der Waals surface area contributed by atoms with Gasteiger partial charge in [0.1, 0.15) is 11.5 Å². The first-order chi connectivity index (χ1) is 9.00. The first-order valence-corrected chi connectivity index (χ1v) is 7.51. The van der Waals surface area contributed by atoms with Crippen LogP contribution in [0.15, 0.2) is 47.6 Å². The molecule has 2 aromatic rings. The van der Waals surface area contributed by atoms with Gasteiger partial charge in [-0.05, 0) is 30.3 Å². The zero-order valence-electron chi connectivity index (χ0n) is 10.4. The number of benzene rings is 1. The maximum atomic E-state index is 11.3. The van der Waals surface area contributed by atoms with Crippen molar-refractivity contribution in [2.24, 2.45) is 5.73 Å². The Morgan fingerprint density at radius 1 is 1.21 bits per heavy atom. The maximum Gasteiger partial charge on any atom is 0.175 e. The average Bonchev–Trinajstić information content (AvgIpc) is 2.39. The van der Waals surface area contributed by atoms with E-state index in [9.17, 15) is 8.42 Å². The Labute approximate surface area is 112 Å². The van der Waals surface area contributed by atoms with Gasteiger partial charge in [-0.3, -0.25) is 4.98 Å². The number of rotatable bonds is 4. The first kappa shape index (κ1) is 13.5. The molecular weight excluding hydrogens is 264 g/mol. The van der Waals surface area contributed by atoms with Crippen molar-refractivity contribution in [1.82, 2.24) is 4.98 Å². The second-order valence-corrected chi connectivity index (χ2v) is 6.05. The third-order valence-corrected chi connectivity index (χ3v) is 3.70. The second kappa shape index (κ2) is 5.38. The van der Waals surface area contributed by atoms with Crippen molar-refractivity contribution in [3.8, 4) is 11.5 Å². The normalized spacial score (nSPS) is 11.3. The highest BCUT2D eigenvalue weighted by Gasteiger charge is 2.08. The van der Waals surface area contributed by atoms with Gasteiger partial charge in [0.05, 0.1) is 11.1 Å². The number of nitrogens with zero attached hydrogens (tertiary/aromatic N) is 1. The predicted octanol–water partition coefficient (Wildman–Crippen LogP) is 1.74. The standard InChI is InChI=1S/C13H14N2O3S/c1-19(16,17)12-4-2-11(3-5-12)18-13-9-15-7-6-10(13)8-14/h2-7,9H,8,14H2,1H3. The molecule has 5 nitrogen and oxygen atoms in total. The van der Waals surface area contributed by atoms with Gasteiger partial charge in [0.15, 0.2) is 9.84 Å². The summed E-state index contributed by atoms with van der Waals surface area (Å²) < 4.78 is 28.3. The van der Waals surface area contributed by atoms with E-state index in [1.807, 2.05) is 0 Å². The topological polar surface area (TPSA) is 82.3 Å². The Kier molecular flexibility index (Phi) is 3.82. The molecule has 19 heavy (non-hydrogen) atoms. The average molecular weight is 278 g/mol. The van der Waals surface area contributed by atoms with Gasteiger partial charge in [-0.2, -0.15) is 0 Å². The largest absolute Gasteiger partial charge is 0.455 e. The summed E-state index contributed by atoms with van der Waals surface area (Å²) in [7, 11) is -3.19. The fourth-order valence-electron chi connectivity index (χ4n) is 1.55. The van der Waals surface area contributed by atoms with E-state index in [0.29, 0.717) is 18.0 Å². The van der Waals surface area contributed by atoms with Crippen LogP contribution in [-0.4, -0.2) is 19.7 Å². The smallest absolute Gasteiger partial charge is 0.175 e. The molecule has 2 N–H and O–H groups in total. The van der Waals surface area contributed by atoms with Gasteiger partial charge >= 0.3 is 0 Å². The lowest BCUT2D eigenvalue weighted by Gasteiger charge is -2.09. The lowest BCUT2D eigenvalue weighted by atomic mass is 10.2. The van der Waals surface area contributed by atoms with E-state index in [-0.39, 0.29) is 4.90 Å². The summed E-state index contributed by atoms with van der Waals surface area (Å²) in [6.45, 7) is 0.347. The second-order valence-electron chi connectivity index (χ2n) is 4.03. The van der Waals surface area contributed by atoms with Crippen LogP contribution in [0.1, 0.15) is 5.56 Å². The molecule has 0 amide bonds. The number of hydrogen-bond acceptors (Lipinski definition) is 5. The molecule has 0 aliphatic heterocycles. The summed E-state index contributed by atoms with van der Waals surface area (Å²) in [6, 6.07) is 7.99. The van der Waals surface area contributed by atoms with Crippen molar-refractivity contribution in [3.63, 3.8) is 0 Å². The predicted molar refractivity (Wildman–Crippen MR) is 71.8 cm³/mol. The minimum Gasteiger partial charge on any atom is -0.455 e. The van der Waals surface area contributed by atoms with E-state index < -0.39 is 9.84 Å². The number of pyridine rings is 1. The van der Waals surface area contributed by atoms with Crippen LogP contribution in [0.4, 0.5) is 0 Å². The molecule has 0 atom stereocenters. The van der Waals surface area contributed by atoms with Crippen LogP contribution < -0.4 is 10.5 Å². The Balaban J connectivity index is 2.25. The van der Waals surface area contributed by atoms with E-state index in [4.69, 9.17) is 10.5 Å². The molecule has 1 aromatic carbocycles. The molecule has 1 heterocycles. The number of sulfone groups is 1. The van der Waals surface area contributed by atoms with Gasteiger partial charge in [0.25, 0.3) is 0 Å². The Morgan fingerprint density at radius 3 is 2.47 bits per heavy atom. The molecule has 0 bridgehead atoms. The summed E-state index contributed by atoms with van der Waals surface area (Å²) in [5.74, 6) is 1.10. The van der Waals surface area contributed by atoms with Crippen molar-refractivity contribution >= 4 is 9.84 Å². The Bertz CT molecular complexity index is 667. The molecule has 0 spiro atoms. The minimum atomic E-state index is -3.19. The number of aromatic nitrogens is 1. The van der Waals surface area contributed by atoms with Crippen molar-refractivity contribution in [1.29, 1.82) is 0 Å². The highest BCUT2D eigenvalue weighted by molar-refractivity contribution is 7.90. The highest BCUT2D eigenvalue weighted by Crippen LogP contribution is 2.25. The minimum absolute atomic E-state index is 0.255. The van der Waals surface area contributed by atoms with Gasteiger partial charge in [0.2, 0.25) is 0 Å². The van der Waals surface area contributed by atoms with Crippen molar-refractivity contribution < 1.29 is 13.2 Å². The van der Waals surface area contributed by atoms with E-state index in [0.717, 1.165) is 11.8 Å². The van der Waals surface area contributed by atoms with Gasteiger partial charge in [0, 0.05) is 24.6 Å². The molecule has 2 rings (SSSR count). The molecular formula is C13H14N2O3S. The molecule has 0 saturated carbocycles. The van der Waals surface area contributed by atoms with Crippen LogP contribution in [0, 0.1) is 0 Å². The first-order valence-electron chi connectivity index (χ1n) is 5.61. The monoisotopic (exact) mass is 278 g/mol. The van der Waals surface area contributed by atoms with Crippen LogP contribution >= 0.6 is 0 Å². The lowest BCUT2D eigenvalue weighted by Crippen LogP contribution is -2.00. The van der Waals surface area contributed by atoms with E-state index >= 15 is 0 Å². The third kappa shape index (κ3) is 3.30. The number of nitrogens with two attached hydrogens (primary N) is 1. The maximum absolute atomic E-state index is 11.3. The van der Waals surface area contributed by atoms with Gasteiger partial charge in [-0.25, -0.2) is 8.42 Å². The van der Waals surface area contributed by atoms with E-state index in [2.05, 4.69) is 4.98 Å². The fraction of sp³-hybridized carbons (Fsp3) is 0.154. The zero-order valence-corrected chi connectivity index (χ0v) is 11.2. The summed E-state index contributed by atoms with van der Waals surface area (Å²) in [6.07, 6.45) is 4.38. The van der Waals surface area contributed by atoms with Crippen molar-refractivity contribution in [2.75, 3.05) is 6.26 Å². The molecule has 1 aromatic heterocycles. The van der Waals surface area contributed by atoms with Crippen LogP contribution in [0.2, 0.25) is 0 Å². The van der Waals surface area contributed by atoms with Crippen molar-refractivity contribution in [2.45, 2.75) is 11.4 Å². The molecule has 6 heteroatoms. The number of ether oxygens (including phenoxy) is 1. The molecule has 0 saturated heterocycles. The molecule has 0 unspecified atom stereocenters. The summed E-state index contributed by atoms with van der Waals surface area (Å²) in [5, 5.41) is 0. The SMILES string of the molecule is CS(=O)(=O)c1ccc(Oc2cnccc2CN)cc1. The van der Waals surface area contributed by atoms with Gasteiger partial charge in [-0.1, -0.05) is 0 Å². The molecule has 0 aliphatic rings. The van der Waals surface area contributed by atoms with Crippen molar-refractivity contribution in [3.05, 3.63) is 48.3 Å².